The number of rotatable bonds is 6. The lowest BCUT2D eigenvalue weighted by atomic mass is 9.94. The van der Waals surface area contributed by atoms with Gasteiger partial charge in [-0.2, -0.15) is 0 Å². The van der Waals surface area contributed by atoms with Crippen LogP contribution >= 0.6 is 0 Å². The molecule has 0 spiro atoms. The lowest BCUT2D eigenvalue weighted by Gasteiger charge is -2.30. The lowest BCUT2D eigenvalue weighted by molar-refractivity contribution is 0.308. The van der Waals surface area contributed by atoms with Crippen molar-refractivity contribution in [1.29, 1.82) is 0 Å². The standard InChI is InChI=1S/C11H24N2/c1-9(2)7-13-11(3,8-12)6-10-4-5-10/h9-10,13H,4-8,12H2,1-3H3. The van der Waals surface area contributed by atoms with Crippen LogP contribution in [-0.2, 0) is 0 Å². The zero-order valence-corrected chi connectivity index (χ0v) is 9.27. The Bertz CT molecular complexity index is 152. The average molecular weight is 184 g/mol. The van der Waals surface area contributed by atoms with E-state index in [1.165, 1.54) is 19.3 Å². The van der Waals surface area contributed by atoms with Gasteiger partial charge in [0.15, 0.2) is 0 Å². The van der Waals surface area contributed by atoms with Crippen LogP contribution in [0.15, 0.2) is 0 Å². The van der Waals surface area contributed by atoms with E-state index in [-0.39, 0.29) is 5.54 Å². The second-order valence-electron chi connectivity index (χ2n) is 5.19. The number of hydrogen-bond donors (Lipinski definition) is 2. The maximum Gasteiger partial charge on any atom is 0.0278 e. The Labute approximate surface area is 82.3 Å². The van der Waals surface area contributed by atoms with Gasteiger partial charge in [-0.25, -0.2) is 0 Å². The van der Waals surface area contributed by atoms with Gasteiger partial charge in [0.05, 0.1) is 0 Å². The highest BCUT2D eigenvalue weighted by molar-refractivity contribution is 4.90. The second-order valence-corrected chi connectivity index (χ2v) is 5.19. The number of nitrogens with one attached hydrogen (secondary N) is 1. The van der Waals surface area contributed by atoms with Gasteiger partial charge in [0.1, 0.15) is 0 Å². The van der Waals surface area contributed by atoms with Crippen LogP contribution in [0.5, 0.6) is 0 Å². The van der Waals surface area contributed by atoms with Crippen molar-refractivity contribution >= 4 is 0 Å². The fourth-order valence-corrected chi connectivity index (χ4v) is 1.64. The van der Waals surface area contributed by atoms with Crippen molar-refractivity contribution in [1.82, 2.24) is 5.32 Å². The minimum atomic E-state index is 0.186. The molecule has 0 amide bonds. The van der Waals surface area contributed by atoms with Crippen molar-refractivity contribution in [2.24, 2.45) is 17.6 Å². The molecule has 3 N–H and O–H groups in total. The summed E-state index contributed by atoms with van der Waals surface area (Å²) in [6, 6.07) is 0. The molecule has 1 rings (SSSR count). The van der Waals surface area contributed by atoms with Crippen LogP contribution in [0.25, 0.3) is 0 Å². The third kappa shape index (κ3) is 4.10. The zero-order chi connectivity index (χ0) is 9.90. The van der Waals surface area contributed by atoms with E-state index in [0.29, 0.717) is 5.92 Å². The first-order valence-electron chi connectivity index (χ1n) is 5.51. The Hall–Kier alpha value is -0.0800. The zero-order valence-electron chi connectivity index (χ0n) is 9.27. The van der Waals surface area contributed by atoms with Gasteiger partial charge in [-0.15, -0.1) is 0 Å². The molecule has 0 heterocycles. The lowest BCUT2D eigenvalue weighted by Crippen LogP contribution is -2.50. The highest BCUT2D eigenvalue weighted by atomic mass is 15.0. The Kier molecular flexibility index (Phi) is 3.74. The first kappa shape index (κ1) is 11.0. The SMILES string of the molecule is CC(C)CNC(C)(CN)CC1CC1. The average Bonchev–Trinajstić information content (AvgIpc) is 2.85. The predicted molar refractivity (Wildman–Crippen MR) is 57.6 cm³/mol. The van der Waals surface area contributed by atoms with E-state index < -0.39 is 0 Å². The maximum absolute atomic E-state index is 5.81. The molecule has 78 valence electrons. The van der Waals surface area contributed by atoms with E-state index in [1.807, 2.05) is 0 Å². The maximum atomic E-state index is 5.81. The van der Waals surface area contributed by atoms with Crippen molar-refractivity contribution < 1.29 is 0 Å². The van der Waals surface area contributed by atoms with Crippen LogP contribution in [0.2, 0.25) is 0 Å². The first-order chi connectivity index (χ1) is 6.06. The number of hydrogen-bond acceptors (Lipinski definition) is 2. The topological polar surface area (TPSA) is 38.0 Å². The molecule has 0 bridgehead atoms. The minimum absolute atomic E-state index is 0.186. The molecule has 0 aliphatic heterocycles. The fraction of sp³-hybridized carbons (Fsp3) is 1.00. The molecular formula is C11H24N2. The van der Waals surface area contributed by atoms with Gasteiger partial charge in [-0.1, -0.05) is 26.7 Å². The summed E-state index contributed by atoms with van der Waals surface area (Å²) in [5.41, 5.74) is 5.99. The van der Waals surface area contributed by atoms with Gasteiger partial charge in [0.2, 0.25) is 0 Å². The third-order valence-corrected chi connectivity index (χ3v) is 2.82. The normalized spacial score (nSPS) is 21.9. The summed E-state index contributed by atoms with van der Waals surface area (Å²) in [5, 5.41) is 3.59. The Morgan fingerprint density at radius 3 is 2.46 bits per heavy atom. The molecule has 1 fully saturated rings. The van der Waals surface area contributed by atoms with Crippen LogP contribution < -0.4 is 11.1 Å². The van der Waals surface area contributed by atoms with Crippen LogP contribution in [-0.4, -0.2) is 18.6 Å². The van der Waals surface area contributed by atoms with Crippen molar-refractivity contribution in [2.75, 3.05) is 13.1 Å². The first-order valence-corrected chi connectivity index (χ1v) is 5.51. The highest BCUT2D eigenvalue weighted by Crippen LogP contribution is 2.36. The van der Waals surface area contributed by atoms with Gasteiger partial charge in [-0.05, 0) is 31.7 Å². The second kappa shape index (κ2) is 4.43. The van der Waals surface area contributed by atoms with Gasteiger partial charge >= 0.3 is 0 Å². The summed E-state index contributed by atoms with van der Waals surface area (Å²) in [7, 11) is 0. The van der Waals surface area contributed by atoms with E-state index in [0.717, 1.165) is 19.0 Å². The van der Waals surface area contributed by atoms with E-state index in [9.17, 15) is 0 Å². The quantitative estimate of drug-likeness (QED) is 0.660. The Morgan fingerprint density at radius 1 is 1.46 bits per heavy atom. The van der Waals surface area contributed by atoms with Crippen LogP contribution in [0, 0.1) is 11.8 Å². The Morgan fingerprint density at radius 2 is 2.08 bits per heavy atom. The highest BCUT2D eigenvalue weighted by Gasteiger charge is 2.31. The largest absolute Gasteiger partial charge is 0.329 e. The van der Waals surface area contributed by atoms with E-state index in [1.54, 1.807) is 0 Å². The molecule has 0 aromatic carbocycles. The molecule has 1 aliphatic rings. The summed E-state index contributed by atoms with van der Waals surface area (Å²) in [6.45, 7) is 8.58. The van der Waals surface area contributed by atoms with Gasteiger partial charge < -0.3 is 11.1 Å². The molecule has 1 aliphatic carbocycles. The molecule has 0 aromatic heterocycles. The summed E-state index contributed by atoms with van der Waals surface area (Å²) in [6.07, 6.45) is 4.09. The molecule has 2 heteroatoms. The summed E-state index contributed by atoms with van der Waals surface area (Å²) in [4.78, 5) is 0. The number of nitrogens with two attached hydrogens (primary N) is 1. The molecule has 13 heavy (non-hydrogen) atoms. The molecule has 1 atom stereocenters. The van der Waals surface area contributed by atoms with Crippen molar-refractivity contribution in [3.8, 4) is 0 Å². The summed E-state index contributed by atoms with van der Waals surface area (Å²) in [5.74, 6) is 1.67. The molecular weight excluding hydrogens is 160 g/mol. The fourth-order valence-electron chi connectivity index (χ4n) is 1.64. The molecule has 0 radical (unpaired) electrons. The van der Waals surface area contributed by atoms with Gasteiger partial charge in [0.25, 0.3) is 0 Å². The molecule has 0 aromatic rings. The van der Waals surface area contributed by atoms with Gasteiger partial charge in [-0.3, -0.25) is 0 Å². The monoisotopic (exact) mass is 184 g/mol. The minimum Gasteiger partial charge on any atom is -0.329 e. The van der Waals surface area contributed by atoms with Crippen molar-refractivity contribution in [2.45, 2.75) is 45.6 Å². The smallest absolute Gasteiger partial charge is 0.0278 e. The van der Waals surface area contributed by atoms with Crippen LogP contribution in [0.1, 0.15) is 40.0 Å². The van der Waals surface area contributed by atoms with Crippen molar-refractivity contribution in [3.05, 3.63) is 0 Å². The third-order valence-electron chi connectivity index (χ3n) is 2.82. The molecule has 1 saturated carbocycles. The van der Waals surface area contributed by atoms with Crippen molar-refractivity contribution in [3.63, 3.8) is 0 Å². The molecule has 2 nitrogen and oxygen atoms in total. The molecule has 1 unspecified atom stereocenters. The van der Waals surface area contributed by atoms with Gasteiger partial charge in [0, 0.05) is 12.1 Å². The Balaban J connectivity index is 2.28. The van der Waals surface area contributed by atoms with E-state index in [4.69, 9.17) is 5.73 Å². The summed E-state index contributed by atoms with van der Waals surface area (Å²) < 4.78 is 0. The van der Waals surface area contributed by atoms with Crippen LogP contribution in [0.3, 0.4) is 0 Å². The van der Waals surface area contributed by atoms with Crippen LogP contribution in [0.4, 0.5) is 0 Å². The molecule has 0 saturated heterocycles. The van der Waals surface area contributed by atoms with E-state index >= 15 is 0 Å². The predicted octanol–water partition coefficient (Wildman–Crippen LogP) is 1.75. The van der Waals surface area contributed by atoms with E-state index in [2.05, 4.69) is 26.1 Å². The summed E-state index contributed by atoms with van der Waals surface area (Å²) >= 11 is 0.